The number of amides is 1. The molecule has 1 saturated heterocycles. The molecule has 9 heteroatoms. The van der Waals surface area contributed by atoms with Crippen molar-refractivity contribution in [2.75, 3.05) is 18.4 Å². The lowest BCUT2D eigenvalue weighted by atomic mass is 10.1. The number of carbonyl (C=O) groups is 1. The van der Waals surface area contributed by atoms with Crippen LogP contribution >= 0.6 is 11.3 Å². The summed E-state index contributed by atoms with van der Waals surface area (Å²) >= 11 is 1.51. The number of hydrogen-bond acceptors (Lipinski definition) is 8. The summed E-state index contributed by atoms with van der Waals surface area (Å²) in [5.74, 6) is 0.397. The minimum absolute atomic E-state index is 0.0585. The van der Waals surface area contributed by atoms with Crippen LogP contribution in [0.25, 0.3) is 10.2 Å². The van der Waals surface area contributed by atoms with E-state index >= 15 is 0 Å². The van der Waals surface area contributed by atoms with Gasteiger partial charge < -0.3 is 15.7 Å². The highest BCUT2D eigenvalue weighted by molar-refractivity contribution is 7.17. The van der Waals surface area contributed by atoms with Crippen LogP contribution in [0.3, 0.4) is 0 Å². The first-order valence-corrected chi connectivity index (χ1v) is 10.0. The first-order chi connectivity index (χ1) is 13.5. The number of fused-ring (bicyclic) bond motifs is 1. The van der Waals surface area contributed by atoms with Crippen molar-refractivity contribution in [1.29, 1.82) is 0 Å². The Balaban J connectivity index is 1.55. The number of pyridine rings is 1. The highest BCUT2D eigenvalue weighted by Crippen LogP contribution is 2.32. The topological polar surface area (TPSA) is 103 Å². The van der Waals surface area contributed by atoms with E-state index in [1.54, 1.807) is 6.20 Å². The molecule has 146 valence electrons. The smallest absolute Gasteiger partial charge is 0.224 e. The van der Waals surface area contributed by atoms with Crippen LogP contribution < -0.4 is 10.6 Å². The Morgan fingerprint density at radius 3 is 2.86 bits per heavy atom. The van der Waals surface area contributed by atoms with Crippen molar-refractivity contribution >= 4 is 33.4 Å². The summed E-state index contributed by atoms with van der Waals surface area (Å²) in [5, 5.41) is 19.0. The molecule has 2 unspecified atom stereocenters. The molecule has 3 N–H and O–H groups in total. The zero-order valence-corrected chi connectivity index (χ0v) is 16.5. The maximum absolute atomic E-state index is 11.2. The molecule has 0 radical (unpaired) electrons. The fourth-order valence-electron chi connectivity index (χ4n) is 3.29. The lowest BCUT2D eigenvalue weighted by Gasteiger charge is -2.42. The molecule has 0 aromatic carbocycles. The summed E-state index contributed by atoms with van der Waals surface area (Å²) in [5.41, 5.74) is 2.26. The van der Waals surface area contributed by atoms with E-state index in [9.17, 15) is 9.90 Å². The van der Waals surface area contributed by atoms with Crippen molar-refractivity contribution in [1.82, 2.24) is 25.2 Å². The fraction of sp³-hybridized carbons (Fsp3) is 0.368. The van der Waals surface area contributed by atoms with Gasteiger partial charge in [-0.25, -0.2) is 9.97 Å². The molecule has 28 heavy (non-hydrogen) atoms. The van der Waals surface area contributed by atoms with Crippen LogP contribution in [0.4, 0.5) is 5.95 Å². The molecule has 1 amide bonds. The van der Waals surface area contributed by atoms with Gasteiger partial charge in [0.1, 0.15) is 5.69 Å². The molecular weight excluding hydrogens is 376 g/mol. The zero-order chi connectivity index (χ0) is 19.7. The highest BCUT2D eigenvalue weighted by atomic mass is 32.1. The van der Waals surface area contributed by atoms with Crippen molar-refractivity contribution in [2.24, 2.45) is 0 Å². The first kappa shape index (κ1) is 18.7. The SMILES string of the molecule is CC(=O)NC1CN(C(O)c2nc(NC(C)c3ccccn3)nc3ccsc23)C1. The number of aliphatic hydroxyl groups excluding tert-OH is 1. The van der Waals surface area contributed by atoms with Crippen LogP contribution in [0.5, 0.6) is 0 Å². The molecule has 0 spiro atoms. The minimum Gasteiger partial charge on any atom is -0.372 e. The predicted octanol–water partition coefficient (Wildman–Crippen LogP) is 2.07. The van der Waals surface area contributed by atoms with Gasteiger partial charge in [-0.3, -0.25) is 14.7 Å². The Morgan fingerprint density at radius 2 is 2.14 bits per heavy atom. The van der Waals surface area contributed by atoms with Gasteiger partial charge in [0, 0.05) is 26.2 Å². The van der Waals surface area contributed by atoms with Crippen LogP contribution in [0.1, 0.15) is 37.5 Å². The van der Waals surface area contributed by atoms with E-state index < -0.39 is 6.23 Å². The van der Waals surface area contributed by atoms with Crippen LogP contribution in [0.15, 0.2) is 35.8 Å². The maximum atomic E-state index is 11.2. The van der Waals surface area contributed by atoms with Crippen molar-refractivity contribution < 1.29 is 9.90 Å². The molecule has 4 heterocycles. The molecular formula is C19H22N6O2S. The van der Waals surface area contributed by atoms with Gasteiger partial charge in [0.25, 0.3) is 0 Å². The van der Waals surface area contributed by atoms with Crippen LogP contribution in [-0.4, -0.2) is 50.0 Å². The Morgan fingerprint density at radius 1 is 1.32 bits per heavy atom. The monoisotopic (exact) mass is 398 g/mol. The lowest BCUT2D eigenvalue weighted by molar-refractivity contribution is -0.123. The number of thiophene rings is 1. The normalized spacial score (nSPS) is 17.1. The number of hydrogen-bond donors (Lipinski definition) is 3. The second-order valence-electron chi connectivity index (χ2n) is 6.91. The lowest BCUT2D eigenvalue weighted by Crippen LogP contribution is -2.59. The number of rotatable bonds is 6. The van der Waals surface area contributed by atoms with Gasteiger partial charge >= 0.3 is 0 Å². The maximum Gasteiger partial charge on any atom is 0.224 e. The molecule has 0 saturated carbocycles. The van der Waals surface area contributed by atoms with E-state index in [4.69, 9.17) is 0 Å². The molecule has 0 bridgehead atoms. The van der Waals surface area contributed by atoms with E-state index in [0.29, 0.717) is 24.7 Å². The molecule has 1 aliphatic rings. The number of aliphatic hydroxyl groups is 1. The van der Waals surface area contributed by atoms with E-state index in [0.717, 1.165) is 15.9 Å². The van der Waals surface area contributed by atoms with Crippen LogP contribution in [-0.2, 0) is 4.79 Å². The Hall–Kier alpha value is -2.62. The summed E-state index contributed by atoms with van der Waals surface area (Å²) < 4.78 is 0.867. The third kappa shape index (κ3) is 3.82. The van der Waals surface area contributed by atoms with Gasteiger partial charge in [0.15, 0.2) is 6.23 Å². The van der Waals surface area contributed by atoms with Crippen molar-refractivity contribution in [3.63, 3.8) is 0 Å². The quantitative estimate of drug-likeness (QED) is 0.584. The number of nitrogens with zero attached hydrogens (tertiary/aromatic N) is 4. The molecule has 2 atom stereocenters. The highest BCUT2D eigenvalue weighted by Gasteiger charge is 2.34. The Labute approximate surface area is 166 Å². The number of likely N-dealkylation sites (tertiary alicyclic amines) is 1. The first-order valence-electron chi connectivity index (χ1n) is 9.13. The summed E-state index contributed by atoms with van der Waals surface area (Å²) in [6.45, 7) is 4.67. The molecule has 3 aromatic rings. The average molecular weight is 398 g/mol. The van der Waals surface area contributed by atoms with Gasteiger partial charge in [-0.15, -0.1) is 11.3 Å². The van der Waals surface area contributed by atoms with Crippen LogP contribution in [0, 0.1) is 0 Å². The number of carbonyl (C=O) groups excluding carboxylic acids is 1. The molecule has 3 aromatic heterocycles. The second kappa shape index (κ2) is 7.78. The van der Waals surface area contributed by atoms with Gasteiger partial charge in [-0.2, -0.15) is 0 Å². The van der Waals surface area contributed by atoms with Gasteiger partial charge in [0.05, 0.1) is 28.0 Å². The standard InChI is InChI=1S/C19H22N6O2S/c1-11(14-5-3-4-7-20-14)21-19-23-15-6-8-28-17(15)16(24-19)18(27)25-9-13(10-25)22-12(2)26/h3-8,11,13,18,27H,9-10H2,1-2H3,(H,22,26)(H,21,23,24). The van der Waals surface area contributed by atoms with Gasteiger partial charge in [-0.05, 0) is 30.5 Å². The zero-order valence-electron chi connectivity index (χ0n) is 15.7. The van der Waals surface area contributed by atoms with Crippen molar-refractivity contribution in [3.8, 4) is 0 Å². The average Bonchev–Trinajstić information content (AvgIpc) is 3.12. The number of anilines is 1. The van der Waals surface area contributed by atoms with E-state index in [1.165, 1.54) is 18.3 Å². The minimum atomic E-state index is -0.847. The van der Waals surface area contributed by atoms with Gasteiger partial charge in [0.2, 0.25) is 11.9 Å². The summed E-state index contributed by atoms with van der Waals surface area (Å²) in [7, 11) is 0. The molecule has 1 aliphatic heterocycles. The molecule has 8 nitrogen and oxygen atoms in total. The van der Waals surface area contributed by atoms with E-state index in [1.807, 2.05) is 41.5 Å². The van der Waals surface area contributed by atoms with Crippen molar-refractivity contribution in [3.05, 3.63) is 47.2 Å². The van der Waals surface area contributed by atoms with Crippen molar-refractivity contribution in [2.45, 2.75) is 32.2 Å². The Bertz CT molecular complexity index is 973. The fourth-order valence-corrected chi connectivity index (χ4v) is 4.13. The van der Waals surface area contributed by atoms with E-state index in [2.05, 4.69) is 25.6 Å². The molecule has 1 fully saturated rings. The van der Waals surface area contributed by atoms with Gasteiger partial charge in [-0.1, -0.05) is 6.07 Å². The largest absolute Gasteiger partial charge is 0.372 e. The van der Waals surface area contributed by atoms with E-state index in [-0.39, 0.29) is 18.0 Å². The molecule has 4 rings (SSSR count). The van der Waals surface area contributed by atoms with Crippen LogP contribution in [0.2, 0.25) is 0 Å². The predicted molar refractivity (Wildman–Crippen MR) is 108 cm³/mol. The summed E-state index contributed by atoms with van der Waals surface area (Å²) in [4.78, 5) is 26.6. The number of aromatic nitrogens is 3. The summed E-state index contributed by atoms with van der Waals surface area (Å²) in [6, 6.07) is 7.67. The second-order valence-corrected chi connectivity index (χ2v) is 7.83. The molecule has 0 aliphatic carbocycles. The Kier molecular flexibility index (Phi) is 5.21. The number of nitrogens with one attached hydrogen (secondary N) is 2. The summed E-state index contributed by atoms with van der Waals surface area (Å²) in [6.07, 6.45) is 0.904. The third-order valence-electron chi connectivity index (χ3n) is 4.71. The third-order valence-corrected chi connectivity index (χ3v) is 5.64.